The lowest BCUT2D eigenvalue weighted by molar-refractivity contribution is 0.621. The summed E-state index contributed by atoms with van der Waals surface area (Å²) in [5.41, 5.74) is 4.44. The Labute approximate surface area is 147 Å². The minimum absolute atomic E-state index is 0.0167. The lowest BCUT2D eigenvalue weighted by Gasteiger charge is -2.02. The number of rotatable bonds is 3. The van der Waals surface area contributed by atoms with Gasteiger partial charge in [-0.2, -0.15) is 0 Å². The maximum atomic E-state index is 8.15. The van der Waals surface area contributed by atoms with Crippen molar-refractivity contribution in [3.05, 3.63) is 59.9 Å². The number of hydrogen-bond donors (Lipinski definition) is 0. The molecular weight excluding hydrogens is 296 g/mol. The van der Waals surface area contributed by atoms with Crippen molar-refractivity contribution < 1.29 is 9.90 Å². The highest BCUT2D eigenvalue weighted by molar-refractivity contribution is 6.08. The van der Waals surface area contributed by atoms with Gasteiger partial charge in [0, 0.05) is 33.7 Å². The van der Waals surface area contributed by atoms with Gasteiger partial charge in [-0.1, -0.05) is 32.0 Å². The first kappa shape index (κ1) is 11.0. The zero-order valence-electron chi connectivity index (χ0n) is 17.6. The van der Waals surface area contributed by atoms with Crippen LogP contribution in [-0.4, -0.2) is 9.97 Å². The third-order valence-corrected chi connectivity index (χ3v) is 4.06. The Balaban J connectivity index is 1.82. The van der Waals surface area contributed by atoms with Crippen LogP contribution in [0.2, 0.25) is 0 Å². The third-order valence-electron chi connectivity index (χ3n) is 4.06. The number of fused-ring (bicyclic) bond motifs is 3. The van der Waals surface area contributed by atoms with Crippen molar-refractivity contribution in [1.82, 2.24) is 9.97 Å². The highest BCUT2D eigenvalue weighted by atomic mass is 16.3. The molecule has 4 rings (SSSR count). The maximum absolute atomic E-state index is 8.15. The first-order valence-corrected chi connectivity index (χ1v) is 7.90. The van der Waals surface area contributed by atoms with Gasteiger partial charge in [0.2, 0.25) is 5.71 Å². The highest BCUT2D eigenvalue weighted by Gasteiger charge is 2.14. The van der Waals surface area contributed by atoms with Gasteiger partial charge in [-0.3, -0.25) is 4.98 Å². The quantitative estimate of drug-likeness (QED) is 0.497. The van der Waals surface area contributed by atoms with Crippen molar-refractivity contribution in [2.75, 3.05) is 0 Å². The lowest BCUT2D eigenvalue weighted by atomic mass is 10.1. The third kappa shape index (κ3) is 2.56. The molecule has 1 atom stereocenters. The predicted octanol–water partition coefficient (Wildman–Crippen LogP) is 5.55. The molecule has 0 fully saturated rings. The van der Waals surface area contributed by atoms with Crippen molar-refractivity contribution in [3.8, 4) is 11.3 Å². The second-order valence-electron chi connectivity index (χ2n) is 6.12. The Morgan fingerprint density at radius 1 is 1.17 bits per heavy atom. The minimum Gasteiger partial charge on any atom is -0.437 e. The molecule has 1 unspecified atom stereocenters. The summed E-state index contributed by atoms with van der Waals surface area (Å²) >= 11 is 0. The van der Waals surface area contributed by atoms with Crippen molar-refractivity contribution >= 4 is 22.1 Å². The second-order valence-corrected chi connectivity index (χ2v) is 6.12. The van der Waals surface area contributed by atoms with Gasteiger partial charge in [-0.25, -0.2) is 4.98 Å². The monoisotopic (exact) mass is 320 g/mol. The van der Waals surface area contributed by atoms with Crippen LogP contribution in [0.4, 0.5) is 0 Å². The first-order valence-electron chi connectivity index (χ1n) is 9.90. The number of benzene rings is 1. The smallest absolute Gasteiger partial charge is 0.227 e. The molecule has 0 aliphatic rings. The number of aryl methyl sites for hydroxylation is 1. The van der Waals surface area contributed by atoms with E-state index >= 15 is 0 Å². The van der Waals surface area contributed by atoms with Crippen LogP contribution in [0, 0.1) is 12.8 Å². The number of furan rings is 1. The molecule has 0 aliphatic heterocycles. The molecule has 0 aliphatic carbocycles. The number of para-hydroxylation sites is 1. The fourth-order valence-electron chi connectivity index (χ4n) is 2.92. The van der Waals surface area contributed by atoms with Crippen LogP contribution >= 0.6 is 0 Å². The van der Waals surface area contributed by atoms with Crippen LogP contribution in [0.25, 0.3) is 33.3 Å². The number of nitrogens with zero attached hydrogens (tertiary/aromatic N) is 2. The first-order chi connectivity index (χ1) is 13.2. The Bertz CT molecular complexity index is 1160. The summed E-state index contributed by atoms with van der Waals surface area (Å²) in [5, 5.41) is 1.78. The van der Waals surface area contributed by atoms with Gasteiger partial charge >= 0.3 is 0 Å². The molecule has 0 bridgehead atoms. The topological polar surface area (TPSA) is 38.9 Å². The molecule has 3 heteroatoms. The molecule has 0 amide bonds. The zero-order valence-corrected chi connectivity index (χ0v) is 13.6. The summed E-state index contributed by atoms with van der Waals surface area (Å²) < 4.78 is 36.9. The molecule has 4 aromatic rings. The lowest BCUT2D eigenvalue weighted by Crippen LogP contribution is -1.96. The molecule has 1 aromatic carbocycles. The molecule has 24 heavy (non-hydrogen) atoms. The largest absolute Gasteiger partial charge is 0.437 e. The summed E-state index contributed by atoms with van der Waals surface area (Å²) in [4.78, 5) is 9.00. The second kappa shape index (κ2) is 5.75. The highest BCUT2D eigenvalue weighted by Crippen LogP contribution is 2.34. The summed E-state index contributed by atoms with van der Waals surface area (Å²) in [6.45, 7) is 1.01. The van der Waals surface area contributed by atoms with E-state index in [0.29, 0.717) is 17.0 Å². The number of pyridine rings is 2. The van der Waals surface area contributed by atoms with Crippen molar-refractivity contribution in [2.45, 2.75) is 27.1 Å². The summed E-state index contributed by atoms with van der Waals surface area (Å²) in [6, 6.07) is 13.5. The van der Waals surface area contributed by atoms with Gasteiger partial charge in [-0.05, 0) is 49.1 Å². The molecule has 0 N–H and O–H groups in total. The summed E-state index contributed by atoms with van der Waals surface area (Å²) in [7, 11) is 0. The number of aromatic nitrogens is 2. The van der Waals surface area contributed by atoms with Crippen LogP contribution in [0.3, 0.4) is 0 Å². The average molecular weight is 320 g/mol. The van der Waals surface area contributed by atoms with Gasteiger partial charge in [0.1, 0.15) is 5.58 Å². The Hall–Kier alpha value is -2.68. The Kier molecular flexibility index (Phi) is 2.63. The molecule has 0 spiro atoms. The van der Waals surface area contributed by atoms with E-state index < -0.39 is 12.7 Å². The number of hydrogen-bond acceptors (Lipinski definition) is 3. The SMILES string of the molecule is [2H]C([2H])([2H])C([2H])(C)Cc1ccc2c(n1)oc1c(-c3ccc(C)cn3)cccc12. The molecular formula is C21H20N2O. The van der Waals surface area contributed by atoms with Crippen molar-refractivity contribution in [2.24, 2.45) is 5.89 Å². The maximum Gasteiger partial charge on any atom is 0.227 e. The summed E-state index contributed by atoms with van der Waals surface area (Å²) in [6.07, 6.45) is 1.83. The fourth-order valence-corrected chi connectivity index (χ4v) is 2.92. The van der Waals surface area contributed by atoms with Gasteiger partial charge in [-0.15, -0.1) is 0 Å². The van der Waals surface area contributed by atoms with E-state index in [1.165, 1.54) is 6.92 Å². The van der Waals surface area contributed by atoms with E-state index in [1.807, 2.05) is 49.5 Å². The normalized spacial score (nSPS) is 17.1. The standard InChI is InChI=1S/C21H20N2O/c1-13(2)11-15-8-9-17-16-5-4-6-18(20(16)24-21(17)23-15)19-10-7-14(3)12-22-19/h4-10,12-13H,11H2,1-3H3/i1D3,13D. The average Bonchev–Trinajstić information content (AvgIpc) is 2.99. The van der Waals surface area contributed by atoms with Crippen molar-refractivity contribution in [3.63, 3.8) is 0 Å². The van der Waals surface area contributed by atoms with E-state index in [9.17, 15) is 0 Å². The molecule has 3 aromatic heterocycles. The van der Waals surface area contributed by atoms with Crippen molar-refractivity contribution in [1.29, 1.82) is 0 Å². The van der Waals surface area contributed by atoms with Gasteiger partial charge in [0.25, 0.3) is 0 Å². The summed E-state index contributed by atoms with van der Waals surface area (Å²) in [5.74, 6) is -1.61. The van der Waals surface area contributed by atoms with Crippen LogP contribution in [-0.2, 0) is 6.42 Å². The molecule has 3 heterocycles. The van der Waals surface area contributed by atoms with E-state index in [4.69, 9.17) is 9.90 Å². The molecule has 0 radical (unpaired) electrons. The van der Waals surface area contributed by atoms with E-state index in [2.05, 4.69) is 9.97 Å². The predicted molar refractivity (Wildman–Crippen MR) is 98.0 cm³/mol. The zero-order chi connectivity index (χ0) is 20.1. The van der Waals surface area contributed by atoms with Crippen LogP contribution in [0.15, 0.2) is 53.1 Å². The van der Waals surface area contributed by atoms with E-state index in [0.717, 1.165) is 27.6 Å². The molecule has 120 valence electrons. The fraction of sp³-hybridized carbons (Fsp3) is 0.238. The van der Waals surface area contributed by atoms with E-state index in [1.54, 1.807) is 6.07 Å². The molecule has 0 saturated heterocycles. The van der Waals surface area contributed by atoms with E-state index in [-0.39, 0.29) is 6.42 Å². The molecule has 0 saturated carbocycles. The minimum atomic E-state index is -2.39. The van der Waals surface area contributed by atoms with Gasteiger partial charge in [0.05, 0.1) is 5.69 Å². The van der Waals surface area contributed by atoms with Crippen LogP contribution in [0.5, 0.6) is 0 Å². The Morgan fingerprint density at radius 3 is 2.88 bits per heavy atom. The van der Waals surface area contributed by atoms with Gasteiger partial charge in [0.15, 0.2) is 0 Å². The molecule has 3 nitrogen and oxygen atoms in total. The van der Waals surface area contributed by atoms with Crippen LogP contribution < -0.4 is 0 Å². The van der Waals surface area contributed by atoms with Crippen LogP contribution in [0.1, 0.15) is 30.5 Å². The van der Waals surface area contributed by atoms with Gasteiger partial charge < -0.3 is 4.42 Å². The Morgan fingerprint density at radius 2 is 2.08 bits per heavy atom.